The topological polar surface area (TPSA) is 32.3 Å². The molecular weight excluding hydrogens is 262 g/mol. The molecule has 1 amide bonds. The van der Waals surface area contributed by atoms with E-state index in [9.17, 15) is 13.6 Å². The molecule has 3 nitrogen and oxygen atoms in total. The van der Waals surface area contributed by atoms with Gasteiger partial charge in [-0.15, -0.1) is 0 Å². The van der Waals surface area contributed by atoms with Crippen molar-refractivity contribution in [1.82, 2.24) is 4.90 Å². The Labute approximate surface area is 119 Å². The molecule has 0 bridgehead atoms. The predicted molar refractivity (Wildman–Crippen MR) is 76.6 cm³/mol. The summed E-state index contributed by atoms with van der Waals surface area (Å²) in [6.45, 7) is 3.20. The molecule has 0 aliphatic heterocycles. The summed E-state index contributed by atoms with van der Waals surface area (Å²) >= 11 is 0. The number of halogens is 2. The first kappa shape index (κ1) is 16.6. The molecule has 112 valence electrons. The Hall–Kier alpha value is -1.49. The number of hydrogen-bond donors (Lipinski definition) is 1. The minimum absolute atomic E-state index is 0.145. The minimum Gasteiger partial charge on any atom is -0.325 e. The number of likely N-dealkylation sites (N-methyl/N-ethyl adjacent to an activating group) is 1. The molecule has 0 saturated carbocycles. The molecule has 0 radical (unpaired) electrons. The van der Waals surface area contributed by atoms with Crippen molar-refractivity contribution in [3.63, 3.8) is 0 Å². The molecule has 0 atom stereocenters. The molecule has 1 rings (SSSR count). The molecule has 5 heteroatoms. The lowest BCUT2D eigenvalue weighted by atomic mass is 10.2. The van der Waals surface area contributed by atoms with Gasteiger partial charge in [0.1, 0.15) is 11.6 Å². The van der Waals surface area contributed by atoms with E-state index in [0.717, 1.165) is 37.6 Å². The number of carbonyl (C=O) groups excluding carboxylic acids is 1. The van der Waals surface area contributed by atoms with E-state index in [2.05, 4.69) is 12.2 Å². The maximum Gasteiger partial charge on any atom is 0.238 e. The van der Waals surface area contributed by atoms with Gasteiger partial charge in [0.25, 0.3) is 0 Å². The molecule has 1 aromatic carbocycles. The third-order valence-corrected chi connectivity index (χ3v) is 2.95. The van der Waals surface area contributed by atoms with Gasteiger partial charge in [-0.3, -0.25) is 9.69 Å². The van der Waals surface area contributed by atoms with E-state index in [1.807, 2.05) is 11.9 Å². The van der Waals surface area contributed by atoms with Crippen LogP contribution in [-0.2, 0) is 4.79 Å². The van der Waals surface area contributed by atoms with Crippen molar-refractivity contribution in [2.24, 2.45) is 0 Å². The molecule has 0 heterocycles. The Morgan fingerprint density at radius 2 is 1.80 bits per heavy atom. The predicted octanol–water partition coefficient (Wildman–Crippen LogP) is 3.42. The van der Waals surface area contributed by atoms with Crippen LogP contribution in [0.2, 0.25) is 0 Å². The van der Waals surface area contributed by atoms with E-state index in [4.69, 9.17) is 0 Å². The molecule has 1 aromatic rings. The summed E-state index contributed by atoms with van der Waals surface area (Å²) in [6.07, 6.45) is 4.57. The SMILES string of the molecule is CCCCCCN(C)CC(=O)Nc1cc(F)cc(F)c1. The Morgan fingerprint density at radius 3 is 2.40 bits per heavy atom. The van der Waals surface area contributed by atoms with Crippen molar-refractivity contribution >= 4 is 11.6 Å². The van der Waals surface area contributed by atoms with Crippen LogP contribution < -0.4 is 5.32 Å². The van der Waals surface area contributed by atoms with Gasteiger partial charge in [0.2, 0.25) is 5.91 Å². The second kappa shape index (κ2) is 8.64. The smallest absolute Gasteiger partial charge is 0.238 e. The highest BCUT2D eigenvalue weighted by molar-refractivity contribution is 5.92. The average molecular weight is 284 g/mol. The average Bonchev–Trinajstić information content (AvgIpc) is 2.33. The fourth-order valence-corrected chi connectivity index (χ4v) is 1.96. The number of unbranched alkanes of at least 4 members (excludes halogenated alkanes) is 3. The van der Waals surface area contributed by atoms with Gasteiger partial charge in [-0.25, -0.2) is 8.78 Å². The molecular formula is C15H22F2N2O. The Bertz CT molecular complexity index is 418. The summed E-state index contributed by atoms with van der Waals surface area (Å²) in [7, 11) is 1.86. The van der Waals surface area contributed by atoms with Crippen molar-refractivity contribution in [2.75, 3.05) is 25.5 Å². The first-order valence-electron chi connectivity index (χ1n) is 6.95. The van der Waals surface area contributed by atoms with Crippen molar-refractivity contribution in [2.45, 2.75) is 32.6 Å². The number of rotatable bonds is 8. The quantitative estimate of drug-likeness (QED) is 0.742. The molecule has 0 spiro atoms. The van der Waals surface area contributed by atoms with Crippen LogP contribution in [0.25, 0.3) is 0 Å². The highest BCUT2D eigenvalue weighted by Crippen LogP contribution is 2.12. The standard InChI is InChI=1S/C15H22F2N2O/c1-3-4-5-6-7-19(2)11-15(20)18-14-9-12(16)8-13(17)10-14/h8-10H,3-7,11H2,1-2H3,(H,18,20). The van der Waals surface area contributed by atoms with E-state index in [1.54, 1.807) is 0 Å². The zero-order chi connectivity index (χ0) is 15.0. The van der Waals surface area contributed by atoms with Crippen LogP contribution in [0.15, 0.2) is 18.2 Å². The fraction of sp³-hybridized carbons (Fsp3) is 0.533. The van der Waals surface area contributed by atoms with Gasteiger partial charge in [0, 0.05) is 11.8 Å². The number of nitrogens with one attached hydrogen (secondary N) is 1. The van der Waals surface area contributed by atoms with E-state index < -0.39 is 11.6 Å². The fourth-order valence-electron chi connectivity index (χ4n) is 1.96. The van der Waals surface area contributed by atoms with Gasteiger partial charge in [-0.2, -0.15) is 0 Å². The molecule has 0 saturated heterocycles. The summed E-state index contributed by atoms with van der Waals surface area (Å²) < 4.78 is 26.0. The lowest BCUT2D eigenvalue weighted by molar-refractivity contribution is -0.117. The van der Waals surface area contributed by atoms with Crippen LogP contribution in [-0.4, -0.2) is 30.9 Å². The second-order valence-corrected chi connectivity index (χ2v) is 5.00. The van der Waals surface area contributed by atoms with Crippen molar-refractivity contribution < 1.29 is 13.6 Å². The maximum atomic E-state index is 13.0. The normalized spacial score (nSPS) is 10.8. The Balaban J connectivity index is 2.35. The number of nitrogens with zero attached hydrogens (tertiary/aromatic N) is 1. The monoisotopic (exact) mass is 284 g/mol. The third kappa shape index (κ3) is 6.61. The van der Waals surface area contributed by atoms with Crippen LogP contribution in [0.1, 0.15) is 32.6 Å². The van der Waals surface area contributed by atoms with E-state index in [1.165, 1.54) is 12.8 Å². The zero-order valence-corrected chi connectivity index (χ0v) is 12.1. The summed E-state index contributed by atoms with van der Waals surface area (Å²) in [6, 6.07) is 2.97. The van der Waals surface area contributed by atoms with Crippen LogP contribution in [0.4, 0.5) is 14.5 Å². The van der Waals surface area contributed by atoms with Crippen LogP contribution in [0.5, 0.6) is 0 Å². The first-order chi connectivity index (χ1) is 9.51. The first-order valence-corrected chi connectivity index (χ1v) is 6.95. The zero-order valence-electron chi connectivity index (χ0n) is 12.1. The molecule has 0 aliphatic carbocycles. The third-order valence-electron chi connectivity index (χ3n) is 2.95. The number of carbonyl (C=O) groups is 1. The second-order valence-electron chi connectivity index (χ2n) is 5.00. The largest absolute Gasteiger partial charge is 0.325 e. The summed E-state index contributed by atoms with van der Waals surface area (Å²) in [5, 5.41) is 2.50. The number of hydrogen-bond acceptors (Lipinski definition) is 2. The van der Waals surface area contributed by atoms with E-state index in [-0.39, 0.29) is 18.1 Å². The van der Waals surface area contributed by atoms with E-state index >= 15 is 0 Å². The Kier molecular flexibility index (Phi) is 7.15. The molecule has 0 unspecified atom stereocenters. The van der Waals surface area contributed by atoms with Gasteiger partial charge in [-0.1, -0.05) is 26.2 Å². The molecule has 20 heavy (non-hydrogen) atoms. The number of anilines is 1. The molecule has 0 fully saturated rings. The lowest BCUT2D eigenvalue weighted by Crippen LogP contribution is -2.31. The molecule has 0 aliphatic rings. The summed E-state index contributed by atoms with van der Waals surface area (Å²) in [5.41, 5.74) is 0.145. The van der Waals surface area contributed by atoms with Crippen molar-refractivity contribution in [1.29, 1.82) is 0 Å². The maximum absolute atomic E-state index is 13.0. The van der Waals surface area contributed by atoms with Gasteiger partial charge in [0.05, 0.1) is 6.54 Å². The molecule has 1 N–H and O–H groups in total. The highest BCUT2D eigenvalue weighted by atomic mass is 19.1. The van der Waals surface area contributed by atoms with Crippen molar-refractivity contribution in [3.05, 3.63) is 29.8 Å². The Morgan fingerprint density at radius 1 is 1.15 bits per heavy atom. The van der Waals surface area contributed by atoms with Crippen LogP contribution >= 0.6 is 0 Å². The van der Waals surface area contributed by atoms with Gasteiger partial charge >= 0.3 is 0 Å². The van der Waals surface area contributed by atoms with Gasteiger partial charge in [0.15, 0.2) is 0 Å². The van der Waals surface area contributed by atoms with Crippen LogP contribution in [0.3, 0.4) is 0 Å². The number of amides is 1. The molecule has 0 aromatic heterocycles. The number of benzene rings is 1. The van der Waals surface area contributed by atoms with Gasteiger partial charge in [-0.05, 0) is 32.1 Å². The van der Waals surface area contributed by atoms with Crippen LogP contribution in [0, 0.1) is 11.6 Å². The minimum atomic E-state index is -0.701. The summed E-state index contributed by atoms with van der Waals surface area (Å²) in [5.74, 6) is -1.67. The van der Waals surface area contributed by atoms with Gasteiger partial charge < -0.3 is 5.32 Å². The highest BCUT2D eigenvalue weighted by Gasteiger charge is 2.08. The van der Waals surface area contributed by atoms with E-state index in [0.29, 0.717) is 0 Å². The van der Waals surface area contributed by atoms with Crippen molar-refractivity contribution in [3.8, 4) is 0 Å². The summed E-state index contributed by atoms with van der Waals surface area (Å²) in [4.78, 5) is 13.6. The lowest BCUT2D eigenvalue weighted by Gasteiger charge is -2.16.